The minimum atomic E-state index is -7.90. The van der Waals surface area contributed by atoms with Gasteiger partial charge in [0.1, 0.15) is 0 Å². The maximum Gasteiger partial charge on any atom is 0.464 e. The van der Waals surface area contributed by atoms with Crippen LogP contribution in [-0.2, 0) is 24.5 Å². The SMILES string of the molecule is O=C(F)C(F)(OC(F)(F)C(OC(F)(F)C(F)(F)S(=O)(=O)F)C(F)(F)F)C(F)(F)F. The van der Waals surface area contributed by atoms with E-state index in [1.807, 2.05) is 0 Å². The molecule has 0 amide bonds. The topological polar surface area (TPSA) is 69.7 Å². The highest BCUT2D eigenvalue weighted by molar-refractivity contribution is 7.87. The summed E-state index contributed by atoms with van der Waals surface area (Å²) in [6, 6.07) is -4.59. The third-order valence-corrected chi connectivity index (χ3v) is 3.26. The van der Waals surface area contributed by atoms with Gasteiger partial charge in [0.2, 0.25) is 6.10 Å². The van der Waals surface area contributed by atoms with Crippen LogP contribution in [0.1, 0.15) is 0 Å². The summed E-state index contributed by atoms with van der Waals surface area (Å²) in [5.41, 5.74) is 0. The Kier molecular flexibility index (Phi) is 6.94. The minimum Gasteiger partial charge on any atom is -0.292 e. The molecule has 0 aliphatic carbocycles. The highest BCUT2D eigenvalue weighted by atomic mass is 32.3. The molecule has 5 nitrogen and oxygen atoms in total. The second-order valence-electron chi connectivity index (χ2n) is 4.54. The normalized spacial score (nSPS) is 18.3. The molecule has 0 rings (SSSR count). The van der Waals surface area contributed by atoms with Gasteiger partial charge in [-0.25, -0.2) is 0 Å². The van der Waals surface area contributed by atoms with Gasteiger partial charge >= 0.3 is 51.9 Å². The van der Waals surface area contributed by atoms with Gasteiger partial charge in [-0.1, -0.05) is 3.89 Å². The van der Waals surface area contributed by atoms with E-state index in [2.05, 4.69) is 0 Å². The first-order valence-electron chi connectivity index (χ1n) is 5.72. The molecular formula is C8HF15O5S. The van der Waals surface area contributed by atoms with Crippen molar-refractivity contribution >= 4 is 16.3 Å². The molecule has 0 fully saturated rings. The van der Waals surface area contributed by atoms with E-state index >= 15 is 0 Å². The van der Waals surface area contributed by atoms with Gasteiger partial charge in [0.15, 0.2) is 0 Å². The Labute approximate surface area is 147 Å². The zero-order chi connectivity index (χ0) is 24.1. The van der Waals surface area contributed by atoms with Crippen molar-refractivity contribution in [3.05, 3.63) is 0 Å². The largest absolute Gasteiger partial charge is 0.464 e. The monoisotopic (exact) mass is 494 g/mol. The number of halogens is 15. The average molecular weight is 494 g/mol. The van der Waals surface area contributed by atoms with E-state index in [0.29, 0.717) is 0 Å². The summed E-state index contributed by atoms with van der Waals surface area (Å²) in [6.07, 6.45) is -35.2. The fraction of sp³-hybridized carbons (Fsp3) is 0.875. The van der Waals surface area contributed by atoms with Crippen molar-refractivity contribution in [1.29, 1.82) is 0 Å². The fourth-order valence-electron chi connectivity index (χ4n) is 1.13. The van der Waals surface area contributed by atoms with Crippen molar-refractivity contribution in [1.82, 2.24) is 0 Å². The predicted molar refractivity (Wildman–Crippen MR) is 52.9 cm³/mol. The standard InChI is InChI=1S/C8HF15O5S/c9-2(24)3(10,6(16,17)18)28-5(14,15)1(4(11,12)13)27-7(19,20)8(21,22)29(23,25)26/h1H. The lowest BCUT2D eigenvalue weighted by Crippen LogP contribution is -2.61. The molecular weight excluding hydrogens is 493 g/mol. The van der Waals surface area contributed by atoms with Crippen LogP contribution >= 0.6 is 0 Å². The van der Waals surface area contributed by atoms with Gasteiger partial charge in [-0.2, -0.15) is 69.9 Å². The van der Waals surface area contributed by atoms with E-state index in [9.17, 15) is 78.6 Å². The molecule has 0 bridgehead atoms. The lowest BCUT2D eigenvalue weighted by atomic mass is 10.2. The van der Waals surface area contributed by atoms with Gasteiger partial charge < -0.3 is 0 Å². The summed E-state index contributed by atoms with van der Waals surface area (Å²) in [4.78, 5) is 9.90. The molecule has 0 spiro atoms. The van der Waals surface area contributed by atoms with Gasteiger partial charge in [-0.3, -0.25) is 14.3 Å². The Morgan fingerprint density at radius 1 is 0.793 bits per heavy atom. The zero-order valence-corrected chi connectivity index (χ0v) is 13.0. The molecule has 0 radical (unpaired) electrons. The number of ether oxygens (including phenoxy) is 2. The Morgan fingerprint density at radius 3 is 1.41 bits per heavy atom. The second-order valence-corrected chi connectivity index (χ2v) is 5.93. The van der Waals surface area contributed by atoms with E-state index in [4.69, 9.17) is 0 Å². The highest BCUT2D eigenvalue weighted by Crippen LogP contribution is 2.49. The number of hydrogen-bond acceptors (Lipinski definition) is 5. The van der Waals surface area contributed by atoms with Crippen molar-refractivity contribution in [3.8, 4) is 0 Å². The highest BCUT2D eigenvalue weighted by Gasteiger charge is 2.76. The van der Waals surface area contributed by atoms with Crippen LogP contribution in [0.2, 0.25) is 0 Å². The fourth-order valence-corrected chi connectivity index (χ4v) is 1.47. The van der Waals surface area contributed by atoms with Crippen LogP contribution in [0.25, 0.3) is 0 Å². The van der Waals surface area contributed by atoms with Crippen molar-refractivity contribution < 1.29 is 88.0 Å². The molecule has 29 heavy (non-hydrogen) atoms. The van der Waals surface area contributed by atoms with Crippen LogP contribution in [0, 0.1) is 0 Å². The molecule has 174 valence electrons. The first kappa shape index (κ1) is 27.5. The number of alkyl halides is 13. The van der Waals surface area contributed by atoms with Crippen LogP contribution < -0.4 is 0 Å². The quantitative estimate of drug-likeness (QED) is 0.380. The molecule has 2 unspecified atom stereocenters. The summed E-state index contributed by atoms with van der Waals surface area (Å²) in [5, 5.41) is -7.34. The first-order valence-corrected chi connectivity index (χ1v) is 7.10. The maximum atomic E-state index is 13.2. The lowest BCUT2D eigenvalue weighted by Gasteiger charge is -2.35. The molecule has 0 aliphatic heterocycles. The molecule has 0 aromatic carbocycles. The molecule has 0 aromatic heterocycles. The minimum absolute atomic E-state index is 1.67. The van der Waals surface area contributed by atoms with Gasteiger partial charge in [0.05, 0.1) is 0 Å². The Balaban J connectivity index is 6.38. The van der Waals surface area contributed by atoms with Crippen molar-refractivity contribution in [2.24, 2.45) is 0 Å². The first-order chi connectivity index (χ1) is 12.2. The summed E-state index contributed by atoms with van der Waals surface area (Å²) >= 11 is 0. The van der Waals surface area contributed by atoms with Gasteiger partial charge in [0, 0.05) is 0 Å². The molecule has 0 heterocycles. The third-order valence-electron chi connectivity index (χ3n) is 2.41. The van der Waals surface area contributed by atoms with Crippen LogP contribution in [0.5, 0.6) is 0 Å². The van der Waals surface area contributed by atoms with E-state index in [1.165, 1.54) is 0 Å². The van der Waals surface area contributed by atoms with E-state index in [-0.39, 0.29) is 0 Å². The number of rotatable bonds is 8. The maximum absolute atomic E-state index is 13.2. The molecule has 0 saturated heterocycles. The lowest BCUT2D eigenvalue weighted by molar-refractivity contribution is -0.468. The van der Waals surface area contributed by atoms with Gasteiger partial charge in [0.25, 0.3) is 0 Å². The summed E-state index contributed by atoms with van der Waals surface area (Å²) in [7, 11) is -7.90. The Morgan fingerprint density at radius 2 is 1.17 bits per heavy atom. The smallest absolute Gasteiger partial charge is 0.292 e. The molecule has 21 heteroatoms. The van der Waals surface area contributed by atoms with Crippen molar-refractivity contribution in [2.75, 3.05) is 0 Å². The van der Waals surface area contributed by atoms with E-state index < -0.39 is 58.0 Å². The Hall–Kier alpha value is -1.51. The number of hydrogen-bond donors (Lipinski definition) is 0. The molecule has 0 aromatic rings. The van der Waals surface area contributed by atoms with Crippen LogP contribution in [0.4, 0.5) is 65.4 Å². The van der Waals surface area contributed by atoms with E-state index in [0.717, 1.165) is 0 Å². The summed E-state index contributed by atoms with van der Waals surface area (Å²) in [5.74, 6) is -6.95. The molecule has 0 aliphatic rings. The number of carbonyl (C=O) groups excluding carboxylic acids is 1. The Bertz CT molecular complexity index is 724. The van der Waals surface area contributed by atoms with Crippen molar-refractivity contribution in [2.45, 2.75) is 41.8 Å². The predicted octanol–water partition coefficient (Wildman–Crippen LogP) is 3.75. The second kappa shape index (κ2) is 7.32. The van der Waals surface area contributed by atoms with Crippen LogP contribution in [-0.4, -0.2) is 56.2 Å². The number of carbonyl (C=O) groups is 1. The zero-order valence-electron chi connectivity index (χ0n) is 12.2. The van der Waals surface area contributed by atoms with Crippen LogP contribution in [0.15, 0.2) is 0 Å². The average Bonchev–Trinajstić information content (AvgIpc) is 2.40. The third kappa shape index (κ3) is 5.35. The summed E-state index contributed by atoms with van der Waals surface area (Å²) < 4.78 is 211. The van der Waals surface area contributed by atoms with E-state index in [1.54, 1.807) is 9.47 Å². The molecule has 0 saturated carbocycles. The van der Waals surface area contributed by atoms with Gasteiger partial charge in [-0.15, -0.1) is 0 Å². The van der Waals surface area contributed by atoms with Crippen molar-refractivity contribution in [3.63, 3.8) is 0 Å². The summed E-state index contributed by atoms with van der Waals surface area (Å²) in [6.45, 7) is 0. The molecule has 0 N–H and O–H groups in total. The molecule has 2 atom stereocenters. The van der Waals surface area contributed by atoms with Crippen LogP contribution in [0.3, 0.4) is 0 Å². The van der Waals surface area contributed by atoms with Gasteiger partial charge in [-0.05, 0) is 0 Å².